The molecule has 2 rings (SSSR count). The van der Waals surface area contributed by atoms with Crippen LogP contribution in [0.5, 0.6) is 0 Å². The van der Waals surface area contributed by atoms with Crippen LogP contribution in [0.3, 0.4) is 0 Å². The predicted octanol–water partition coefficient (Wildman–Crippen LogP) is 3.09. The van der Waals surface area contributed by atoms with Crippen LogP contribution < -0.4 is 4.90 Å². The van der Waals surface area contributed by atoms with Gasteiger partial charge in [0, 0.05) is 19.4 Å². The highest BCUT2D eigenvalue weighted by atomic mass is 19.4. The van der Waals surface area contributed by atoms with Crippen LogP contribution in [0.1, 0.15) is 11.4 Å². The molecule has 1 heterocycles. The normalized spacial score (nSPS) is 11.3. The van der Waals surface area contributed by atoms with Crippen molar-refractivity contribution >= 4 is 5.69 Å². The van der Waals surface area contributed by atoms with Crippen molar-refractivity contribution in [3.8, 4) is 6.07 Å². The number of hydrogen-bond acceptors (Lipinski definition) is 3. The van der Waals surface area contributed by atoms with E-state index in [1.807, 2.05) is 6.07 Å². The van der Waals surface area contributed by atoms with E-state index in [1.54, 1.807) is 0 Å². The topological polar surface area (TPSA) is 44.9 Å². The molecule has 8 heteroatoms. The molecule has 0 unspecified atom stereocenters. The lowest BCUT2D eigenvalue weighted by atomic mass is 10.2. The summed E-state index contributed by atoms with van der Waals surface area (Å²) >= 11 is 0. The summed E-state index contributed by atoms with van der Waals surface area (Å²) in [7, 11) is 1.54. The fourth-order valence-corrected chi connectivity index (χ4v) is 2.01. The van der Waals surface area contributed by atoms with Gasteiger partial charge in [-0.2, -0.15) is 18.4 Å². The minimum Gasteiger partial charge on any atom is -0.365 e. The van der Waals surface area contributed by atoms with Gasteiger partial charge in [0.25, 0.3) is 0 Å². The Balaban J connectivity index is 2.18. The summed E-state index contributed by atoms with van der Waals surface area (Å²) in [6.45, 7) is -1.14. The third-order valence-electron chi connectivity index (χ3n) is 3.02. The number of nitrogens with zero attached hydrogens (tertiary/aromatic N) is 4. The molecule has 4 nitrogen and oxygen atoms in total. The Morgan fingerprint density at radius 2 is 2.09 bits per heavy atom. The zero-order valence-corrected chi connectivity index (χ0v) is 11.6. The van der Waals surface area contributed by atoms with Crippen molar-refractivity contribution in [1.82, 2.24) is 9.55 Å². The highest BCUT2D eigenvalue weighted by molar-refractivity contribution is 5.50. The van der Waals surface area contributed by atoms with Crippen LogP contribution in [-0.2, 0) is 13.1 Å². The molecular formula is C14H12F4N4. The predicted molar refractivity (Wildman–Crippen MR) is 71.5 cm³/mol. The third-order valence-corrected chi connectivity index (χ3v) is 3.02. The highest BCUT2D eigenvalue weighted by Crippen LogP contribution is 2.22. The summed E-state index contributed by atoms with van der Waals surface area (Å²) in [5.41, 5.74) is 0.355. The van der Waals surface area contributed by atoms with Gasteiger partial charge in [-0.25, -0.2) is 9.37 Å². The van der Waals surface area contributed by atoms with Crippen molar-refractivity contribution in [3.63, 3.8) is 0 Å². The summed E-state index contributed by atoms with van der Waals surface area (Å²) in [5.74, 6) is -0.445. The molecule has 0 amide bonds. The first-order valence-electron chi connectivity index (χ1n) is 6.27. The van der Waals surface area contributed by atoms with E-state index < -0.39 is 18.5 Å². The molecule has 1 aromatic heterocycles. The fraction of sp³-hybridized carbons (Fsp3) is 0.286. The van der Waals surface area contributed by atoms with Gasteiger partial charge in [0.05, 0.1) is 23.9 Å². The molecule has 0 radical (unpaired) electrons. The zero-order valence-electron chi connectivity index (χ0n) is 11.6. The molecule has 0 bridgehead atoms. The average Bonchev–Trinajstić information content (AvgIpc) is 2.83. The lowest BCUT2D eigenvalue weighted by Crippen LogP contribution is -2.24. The van der Waals surface area contributed by atoms with Crippen LogP contribution in [0.15, 0.2) is 30.6 Å². The molecule has 0 atom stereocenters. The monoisotopic (exact) mass is 312 g/mol. The molecule has 0 aliphatic rings. The summed E-state index contributed by atoms with van der Waals surface area (Å²) in [6, 6.07) is 5.74. The van der Waals surface area contributed by atoms with Gasteiger partial charge >= 0.3 is 6.18 Å². The molecule has 1 aromatic carbocycles. The molecule has 0 aliphatic heterocycles. The molecule has 22 heavy (non-hydrogen) atoms. The molecule has 0 N–H and O–H groups in total. The van der Waals surface area contributed by atoms with E-state index >= 15 is 0 Å². The molecule has 2 aromatic rings. The summed E-state index contributed by atoms with van der Waals surface area (Å²) in [4.78, 5) is 5.31. The summed E-state index contributed by atoms with van der Waals surface area (Å²) in [6.07, 6.45) is -1.86. The Morgan fingerprint density at radius 1 is 1.36 bits per heavy atom. The minimum absolute atomic E-state index is 0.00585. The van der Waals surface area contributed by atoms with E-state index in [2.05, 4.69) is 4.98 Å². The maximum atomic E-state index is 13.9. The maximum absolute atomic E-state index is 13.9. The SMILES string of the molecule is CN(Cc1nccn1CC(F)(F)F)c1ccc(C#N)cc1F. The number of anilines is 1. The van der Waals surface area contributed by atoms with E-state index in [0.29, 0.717) is 0 Å². The molecule has 0 aliphatic carbocycles. The minimum atomic E-state index is -4.35. The van der Waals surface area contributed by atoms with Crippen LogP contribution in [0.2, 0.25) is 0 Å². The molecule has 116 valence electrons. The van der Waals surface area contributed by atoms with Gasteiger partial charge in [-0.15, -0.1) is 0 Å². The molecular weight excluding hydrogens is 300 g/mol. The Labute approximate surface area is 124 Å². The van der Waals surface area contributed by atoms with Crippen LogP contribution in [0, 0.1) is 17.1 Å². The molecule has 0 saturated carbocycles. The van der Waals surface area contributed by atoms with E-state index in [9.17, 15) is 17.6 Å². The van der Waals surface area contributed by atoms with Crippen molar-refractivity contribution in [2.45, 2.75) is 19.3 Å². The summed E-state index contributed by atoms with van der Waals surface area (Å²) in [5, 5.41) is 8.69. The van der Waals surface area contributed by atoms with Crippen LogP contribution in [0.4, 0.5) is 23.2 Å². The quantitative estimate of drug-likeness (QED) is 0.815. The second-order valence-corrected chi connectivity index (χ2v) is 4.72. The smallest absolute Gasteiger partial charge is 0.365 e. The van der Waals surface area contributed by atoms with Crippen LogP contribution in [0.25, 0.3) is 0 Å². The van der Waals surface area contributed by atoms with Gasteiger partial charge in [-0.3, -0.25) is 0 Å². The Morgan fingerprint density at radius 3 is 2.68 bits per heavy atom. The number of aromatic nitrogens is 2. The number of rotatable bonds is 4. The number of imidazole rings is 1. The van der Waals surface area contributed by atoms with Gasteiger partial charge in [-0.05, 0) is 18.2 Å². The van der Waals surface area contributed by atoms with E-state index in [-0.39, 0.29) is 23.6 Å². The lowest BCUT2D eigenvalue weighted by Gasteiger charge is -2.20. The number of benzene rings is 1. The first kappa shape index (κ1) is 15.8. The second-order valence-electron chi connectivity index (χ2n) is 4.72. The van der Waals surface area contributed by atoms with Gasteiger partial charge < -0.3 is 9.47 Å². The van der Waals surface area contributed by atoms with Gasteiger partial charge in [-0.1, -0.05) is 0 Å². The largest absolute Gasteiger partial charge is 0.406 e. The van der Waals surface area contributed by atoms with Gasteiger partial charge in [0.1, 0.15) is 18.2 Å². The molecule has 0 spiro atoms. The first-order chi connectivity index (χ1) is 10.3. The van der Waals surface area contributed by atoms with Crippen molar-refractivity contribution < 1.29 is 17.6 Å². The Kier molecular flexibility index (Phi) is 4.35. The number of alkyl halides is 3. The molecule has 0 saturated heterocycles. The third kappa shape index (κ3) is 3.75. The number of nitriles is 1. The number of halogens is 4. The first-order valence-corrected chi connectivity index (χ1v) is 6.27. The maximum Gasteiger partial charge on any atom is 0.406 e. The lowest BCUT2D eigenvalue weighted by molar-refractivity contribution is -0.141. The van der Waals surface area contributed by atoms with Crippen molar-refractivity contribution in [2.24, 2.45) is 0 Å². The number of hydrogen-bond donors (Lipinski definition) is 0. The van der Waals surface area contributed by atoms with Gasteiger partial charge in [0.2, 0.25) is 0 Å². The Hall–Kier alpha value is -2.56. The molecule has 0 fully saturated rings. The fourth-order valence-electron chi connectivity index (χ4n) is 2.01. The zero-order chi connectivity index (χ0) is 16.3. The van der Waals surface area contributed by atoms with Crippen LogP contribution in [-0.4, -0.2) is 22.8 Å². The average molecular weight is 312 g/mol. The van der Waals surface area contributed by atoms with Crippen molar-refractivity contribution in [3.05, 3.63) is 47.8 Å². The summed E-state index contributed by atoms with van der Waals surface area (Å²) < 4.78 is 52.2. The standard InChI is InChI=1S/C14H12F4N4/c1-21(12-3-2-10(7-19)6-11(12)15)8-13-20-4-5-22(13)9-14(16,17)18/h2-6H,8-9H2,1H3. The highest BCUT2D eigenvalue weighted by Gasteiger charge is 2.29. The van der Waals surface area contributed by atoms with E-state index in [1.165, 1.54) is 36.5 Å². The van der Waals surface area contributed by atoms with E-state index in [0.717, 1.165) is 10.6 Å². The van der Waals surface area contributed by atoms with Crippen molar-refractivity contribution in [1.29, 1.82) is 5.26 Å². The second kappa shape index (κ2) is 6.05. The van der Waals surface area contributed by atoms with Crippen molar-refractivity contribution in [2.75, 3.05) is 11.9 Å². The Bertz CT molecular complexity index is 700. The van der Waals surface area contributed by atoms with E-state index in [4.69, 9.17) is 5.26 Å². The van der Waals surface area contributed by atoms with Gasteiger partial charge in [0.15, 0.2) is 0 Å². The van der Waals surface area contributed by atoms with Crippen LogP contribution >= 0.6 is 0 Å².